The second-order valence-electron chi connectivity index (χ2n) is 18.2. The predicted molar refractivity (Wildman–Crippen MR) is 177 cm³/mol. The number of hydrogen-bond acceptors (Lipinski definition) is 9. The van der Waals surface area contributed by atoms with Crippen LogP contribution in [0.1, 0.15) is 106 Å². The molecule has 0 bridgehead atoms. The van der Waals surface area contributed by atoms with E-state index in [9.17, 15) is 19.8 Å². The zero-order chi connectivity index (χ0) is 34.6. The van der Waals surface area contributed by atoms with Crippen molar-refractivity contribution in [2.24, 2.45) is 50.7 Å². The maximum Gasteiger partial charge on any atom is 0.304 e. The third-order valence-electron chi connectivity index (χ3n) is 16.0. The number of aliphatic carboxylic acids is 1. The Balaban J connectivity index is 1.10. The smallest absolute Gasteiger partial charge is 0.304 e. The van der Waals surface area contributed by atoms with Gasteiger partial charge in [0.25, 0.3) is 0 Å². The van der Waals surface area contributed by atoms with E-state index in [-0.39, 0.29) is 63.8 Å². The number of rotatable bonds is 8. The van der Waals surface area contributed by atoms with Crippen LogP contribution in [0.4, 0.5) is 0 Å². The molecule has 5 aliphatic carbocycles. The largest absolute Gasteiger partial charge is 0.481 e. The molecule has 15 atom stereocenters. The van der Waals surface area contributed by atoms with Crippen molar-refractivity contribution in [3.63, 3.8) is 0 Å². The second-order valence-corrected chi connectivity index (χ2v) is 18.2. The highest BCUT2D eigenvalue weighted by atomic mass is 16.7. The maximum atomic E-state index is 12.5. The van der Waals surface area contributed by atoms with Crippen LogP contribution in [0.25, 0.3) is 0 Å². The van der Waals surface area contributed by atoms with E-state index in [0.29, 0.717) is 38.0 Å². The molecule has 2 aliphatic heterocycles. The number of nitrogens with zero attached hydrogens (tertiary/aromatic N) is 1. The highest BCUT2D eigenvalue weighted by molar-refractivity contribution is 5.67. The van der Waals surface area contributed by atoms with Crippen LogP contribution in [-0.4, -0.2) is 101 Å². The van der Waals surface area contributed by atoms with Gasteiger partial charge in [-0.25, -0.2) is 0 Å². The Morgan fingerprint density at radius 2 is 1.75 bits per heavy atom. The molecule has 7 fully saturated rings. The Morgan fingerprint density at radius 3 is 2.44 bits per heavy atom. The van der Waals surface area contributed by atoms with E-state index < -0.39 is 36.4 Å². The summed E-state index contributed by atoms with van der Waals surface area (Å²) in [7, 11) is 0. The summed E-state index contributed by atoms with van der Waals surface area (Å²) in [5.41, 5.74) is 0.0856. The van der Waals surface area contributed by atoms with Gasteiger partial charge >= 0.3 is 11.9 Å². The summed E-state index contributed by atoms with van der Waals surface area (Å²) in [6, 6.07) is 0. The molecule has 5 saturated carbocycles. The van der Waals surface area contributed by atoms with Gasteiger partial charge in [-0.1, -0.05) is 34.6 Å². The number of carbonyl (C=O) groups excluding carboxylic acids is 1. The fraction of sp³-hybridized carbons (Fsp3) is 0.947. The highest BCUT2D eigenvalue weighted by Crippen LogP contribution is 2.89. The summed E-state index contributed by atoms with van der Waals surface area (Å²) < 4.78 is 25.2. The van der Waals surface area contributed by atoms with Crippen LogP contribution >= 0.6 is 0 Å². The van der Waals surface area contributed by atoms with E-state index in [4.69, 9.17) is 24.1 Å². The molecule has 272 valence electrons. The van der Waals surface area contributed by atoms with Gasteiger partial charge in [0.05, 0.1) is 43.5 Å². The molecule has 0 radical (unpaired) electrons. The lowest BCUT2D eigenvalue weighted by atomic mass is 9.41. The van der Waals surface area contributed by atoms with E-state index >= 15 is 0 Å². The first-order valence-corrected chi connectivity index (χ1v) is 18.9. The number of aliphatic hydroxyl groups excluding tert-OH is 2. The Labute approximate surface area is 286 Å². The number of carboxylic acids is 1. The number of carboxylic acid groups (broad SMARTS) is 1. The van der Waals surface area contributed by atoms with Gasteiger partial charge in [-0.05, 0) is 104 Å². The van der Waals surface area contributed by atoms with Crippen LogP contribution in [-0.2, 0) is 28.5 Å². The Hall–Kier alpha value is -1.30. The van der Waals surface area contributed by atoms with Crippen molar-refractivity contribution in [3.05, 3.63) is 0 Å². The minimum absolute atomic E-state index is 0.0269. The van der Waals surface area contributed by atoms with Crippen molar-refractivity contribution < 1.29 is 43.9 Å². The molecule has 10 nitrogen and oxygen atoms in total. The quantitative estimate of drug-likeness (QED) is 0.313. The number of hydrogen-bond donors (Lipinski definition) is 3. The highest BCUT2D eigenvalue weighted by Gasteiger charge is 2.84. The van der Waals surface area contributed by atoms with Gasteiger partial charge in [0.15, 0.2) is 12.4 Å². The minimum atomic E-state index is -0.859. The lowest BCUT2D eigenvalue weighted by Crippen LogP contribution is -2.60. The molecule has 2 saturated heterocycles. The molecule has 0 aromatic carbocycles. The number of morpholine rings is 1. The molecule has 3 N–H and O–H groups in total. The summed E-state index contributed by atoms with van der Waals surface area (Å²) in [5.74, 6) is 0.214. The zero-order valence-corrected chi connectivity index (χ0v) is 30.3. The Morgan fingerprint density at radius 1 is 1.04 bits per heavy atom. The lowest BCUT2D eigenvalue weighted by Gasteiger charge is -2.64. The Bertz CT molecular complexity index is 1270. The monoisotopic (exact) mass is 675 g/mol. The van der Waals surface area contributed by atoms with E-state index in [1.54, 1.807) is 6.92 Å². The van der Waals surface area contributed by atoms with Crippen molar-refractivity contribution >= 4 is 11.9 Å². The molecule has 48 heavy (non-hydrogen) atoms. The zero-order valence-electron chi connectivity index (χ0n) is 30.3. The maximum absolute atomic E-state index is 12.5. The molecule has 10 heteroatoms. The molecule has 15 unspecified atom stereocenters. The standard InChI is InChI=1S/C38H61NO9/c1-21-18-24(31(22(2)40)46-23(3)41)47-32-30(21)35(6)13-14-38-20-37(38)12-10-27(48-29-19-39(16-17-45-29)15-11-28(42)43)34(4,5)25(37)8-9-26(38)36(35,7)33(32)44/h21-22,24-27,29-33,40,44H,8-20H2,1-7H3,(H,42,43). The van der Waals surface area contributed by atoms with Gasteiger partial charge in [0.2, 0.25) is 0 Å². The van der Waals surface area contributed by atoms with E-state index in [1.165, 1.54) is 19.8 Å². The van der Waals surface area contributed by atoms with Crippen molar-refractivity contribution in [1.82, 2.24) is 4.90 Å². The van der Waals surface area contributed by atoms with Gasteiger partial charge < -0.3 is 34.3 Å². The number of fused-ring (bicyclic) bond motifs is 4. The summed E-state index contributed by atoms with van der Waals surface area (Å²) in [6.07, 6.45) is 5.41. The predicted octanol–water partition coefficient (Wildman–Crippen LogP) is 4.63. The van der Waals surface area contributed by atoms with Crippen LogP contribution in [0.15, 0.2) is 0 Å². The molecular weight excluding hydrogens is 614 g/mol. The number of aliphatic hydroxyl groups is 2. The summed E-state index contributed by atoms with van der Waals surface area (Å²) in [4.78, 5) is 25.2. The summed E-state index contributed by atoms with van der Waals surface area (Å²) in [5, 5.41) is 32.2. The van der Waals surface area contributed by atoms with Gasteiger partial charge in [-0.2, -0.15) is 0 Å². The Kier molecular flexibility index (Phi) is 8.69. The molecule has 2 heterocycles. The first-order chi connectivity index (χ1) is 22.5. The average Bonchev–Trinajstić information content (AvgIpc) is 3.65. The van der Waals surface area contributed by atoms with Gasteiger partial charge in [0, 0.05) is 32.0 Å². The number of carbonyl (C=O) groups is 2. The molecule has 0 amide bonds. The summed E-state index contributed by atoms with van der Waals surface area (Å²) >= 11 is 0. The number of ether oxygens (including phenoxy) is 4. The van der Waals surface area contributed by atoms with Gasteiger partial charge in [-0.15, -0.1) is 0 Å². The SMILES string of the molecule is CC(=O)OC(C(C)O)C1CC(C)C2C(O1)C(O)C1(C)C3CCC4C(C)(C)C(OC5CN(CCC(=O)O)CCO5)CCC45CC35CCC21C. The van der Waals surface area contributed by atoms with Crippen LogP contribution in [0, 0.1) is 50.7 Å². The average molecular weight is 676 g/mol. The lowest BCUT2D eigenvalue weighted by molar-refractivity contribution is -0.249. The van der Waals surface area contributed by atoms with Crippen LogP contribution in [0.5, 0.6) is 0 Å². The van der Waals surface area contributed by atoms with Crippen LogP contribution < -0.4 is 0 Å². The fourth-order valence-electron chi connectivity index (χ4n) is 13.8. The van der Waals surface area contributed by atoms with E-state index in [1.807, 2.05) is 0 Å². The number of esters is 1. The van der Waals surface area contributed by atoms with Gasteiger partial charge in [0.1, 0.15) is 0 Å². The van der Waals surface area contributed by atoms with Gasteiger partial charge in [-0.3, -0.25) is 14.5 Å². The van der Waals surface area contributed by atoms with Crippen LogP contribution in [0.2, 0.25) is 0 Å². The molecule has 7 rings (SSSR count). The molecule has 0 aromatic rings. The fourth-order valence-corrected chi connectivity index (χ4v) is 13.8. The van der Waals surface area contributed by atoms with E-state index in [0.717, 1.165) is 38.6 Å². The first-order valence-electron chi connectivity index (χ1n) is 18.9. The van der Waals surface area contributed by atoms with Crippen LogP contribution in [0.3, 0.4) is 0 Å². The normalized spacial score (nSPS) is 50.5. The molecule has 2 spiro atoms. The molecule has 7 aliphatic rings. The van der Waals surface area contributed by atoms with E-state index in [2.05, 4.69) is 39.5 Å². The van der Waals surface area contributed by atoms with Crippen molar-refractivity contribution in [3.8, 4) is 0 Å². The van der Waals surface area contributed by atoms with Crippen molar-refractivity contribution in [2.45, 2.75) is 149 Å². The van der Waals surface area contributed by atoms with Crippen molar-refractivity contribution in [1.29, 1.82) is 0 Å². The molecular formula is C38H61NO9. The third kappa shape index (κ3) is 4.92. The summed E-state index contributed by atoms with van der Waals surface area (Å²) in [6.45, 7) is 17.4. The third-order valence-corrected chi connectivity index (χ3v) is 16.0. The second kappa shape index (κ2) is 11.9. The van der Waals surface area contributed by atoms with Crippen molar-refractivity contribution in [2.75, 3.05) is 26.2 Å². The topological polar surface area (TPSA) is 135 Å². The minimum Gasteiger partial charge on any atom is -0.481 e. The molecule has 0 aromatic heterocycles. The first kappa shape index (κ1) is 35.1.